The van der Waals surface area contributed by atoms with Crippen LogP contribution in [0.25, 0.3) is 0 Å². The molecule has 0 N–H and O–H groups in total. The SMILES string of the molecule is CCOC(=O)C1C2CC(C1C(=O)OCC)C1C3C=CC(C3)C21.COC(=O)C1C2CC(C1C(=O)OC)C1C3C=CC(C3)C21.COC(=O)CC1C(CC(=O)OC)C2CC1C1C3C=CC(C3)C21.COC(=O)CC1C2CC(C1C(=O)OC)C1C3C=CC(C3)C21. The number of carbonyl (C=O) groups is 8. The van der Waals surface area contributed by atoms with Crippen LogP contribution in [-0.2, 0) is 76.3 Å². The normalized spacial score (nSPS) is 48.0. The van der Waals surface area contributed by atoms with Gasteiger partial charge in [0.25, 0.3) is 0 Å². The molecule has 32 unspecified atom stereocenters. The van der Waals surface area contributed by atoms with Gasteiger partial charge in [-0.15, -0.1) is 0 Å². The van der Waals surface area contributed by atoms with E-state index < -0.39 is 0 Å². The fourth-order valence-electron chi connectivity index (χ4n) is 24.8. The van der Waals surface area contributed by atoms with E-state index >= 15 is 0 Å². The number of hydrogen-bond acceptors (Lipinski definition) is 16. The van der Waals surface area contributed by atoms with Crippen molar-refractivity contribution in [3.8, 4) is 0 Å². The van der Waals surface area contributed by atoms with Gasteiger partial charge in [0, 0.05) is 19.3 Å². The molecule has 0 radical (unpaired) electrons. The number of methoxy groups -OCH3 is 6. The Morgan fingerprint density at radius 3 is 0.788 bits per heavy atom. The molecule has 12 saturated carbocycles. The summed E-state index contributed by atoms with van der Waals surface area (Å²) in [4.78, 5) is 97.1. The summed E-state index contributed by atoms with van der Waals surface area (Å²) >= 11 is 0. The highest BCUT2D eigenvalue weighted by Gasteiger charge is 2.71. The summed E-state index contributed by atoms with van der Waals surface area (Å²) < 4.78 is 40.3. The Labute approximate surface area is 500 Å². The molecule has 16 bridgehead atoms. The van der Waals surface area contributed by atoms with Gasteiger partial charge in [0.05, 0.1) is 85.5 Å². The van der Waals surface area contributed by atoms with E-state index in [0.717, 1.165) is 31.1 Å². The Bertz CT molecular complexity index is 2670. The van der Waals surface area contributed by atoms with Crippen molar-refractivity contribution in [3.05, 3.63) is 48.6 Å². The molecule has 16 aliphatic rings. The van der Waals surface area contributed by atoms with E-state index in [1.807, 2.05) is 13.8 Å². The van der Waals surface area contributed by atoms with E-state index in [1.165, 1.54) is 74.8 Å². The summed E-state index contributed by atoms with van der Waals surface area (Å²) in [5.41, 5.74) is 0. The molecule has 16 aliphatic carbocycles. The van der Waals surface area contributed by atoms with Crippen LogP contribution in [-0.4, -0.2) is 104 Å². The molecule has 16 heteroatoms. The van der Waals surface area contributed by atoms with Gasteiger partial charge in [-0.3, -0.25) is 38.4 Å². The minimum Gasteiger partial charge on any atom is -0.469 e. The van der Waals surface area contributed by atoms with E-state index in [4.69, 9.17) is 37.9 Å². The quantitative estimate of drug-likeness (QED) is 0.0732. The second kappa shape index (κ2) is 23.0. The number of fused-ring (bicyclic) bond motifs is 36. The van der Waals surface area contributed by atoms with E-state index in [1.54, 1.807) is 0 Å². The van der Waals surface area contributed by atoms with Gasteiger partial charge in [-0.25, -0.2) is 0 Å². The fourth-order valence-corrected chi connectivity index (χ4v) is 24.8. The molecule has 0 amide bonds. The molecule has 16 rings (SSSR count). The molecule has 0 aromatic rings. The molecule has 0 heterocycles. The first-order valence-electron chi connectivity index (χ1n) is 32.6. The van der Waals surface area contributed by atoms with Crippen molar-refractivity contribution in [3.63, 3.8) is 0 Å². The topological polar surface area (TPSA) is 210 Å². The lowest BCUT2D eigenvalue weighted by molar-refractivity contribution is -0.165. The minimum absolute atomic E-state index is 0.104. The number of ether oxygens (including phenoxy) is 8. The van der Waals surface area contributed by atoms with Gasteiger partial charge in [-0.1, -0.05) is 48.6 Å². The van der Waals surface area contributed by atoms with Crippen molar-refractivity contribution < 1.29 is 76.3 Å². The smallest absolute Gasteiger partial charge is 0.310 e. The third kappa shape index (κ3) is 9.18. The maximum absolute atomic E-state index is 12.5. The van der Waals surface area contributed by atoms with Gasteiger partial charge < -0.3 is 37.9 Å². The number of carbonyl (C=O) groups excluding carboxylic acids is 8. The summed E-state index contributed by atoms with van der Waals surface area (Å²) in [6.45, 7) is 4.41. The van der Waals surface area contributed by atoms with Crippen LogP contribution in [0, 0.1) is 189 Å². The van der Waals surface area contributed by atoms with Gasteiger partial charge in [-0.05, 0) is 225 Å². The van der Waals surface area contributed by atoms with Gasteiger partial charge in [0.15, 0.2) is 0 Å². The molecule has 462 valence electrons. The van der Waals surface area contributed by atoms with Crippen molar-refractivity contribution >= 4 is 47.8 Å². The van der Waals surface area contributed by atoms with Gasteiger partial charge in [0.2, 0.25) is 0 Å². The Morgan fingerprint density at radius 2 is 0.506 bits per heavy atom. The lowest BCUT2D eigenvalue weighted by Crippen LogP contribution is -2.44. The first-order chi connectivity index (χ1) is 41.1. The first-order valence-corrected chi connectivity index (χ1v) is 32.6. The highest BCUT2D eigenvalue weighted by Crippen LogP contribution is 2.73. The Balaban J connectivity index is 0.000000105. The van der Waals surface area contributed by atoms with Crippen LogP contribution in [0.15, 0.2) is 48.6 Å². The molecule has 12 fully saturated rings. The van der Waals surface area contributed by atoms with Crippen LogP contribution in [0.1, 0.15) is 84.5 Å². The number of rotatable bonds is 13. The summed E-state index contributed by atoms with van der Waals surface area (Å²) in [5.74, 6) is 11.7. The van der Waals surface area contributed by atoms with Crippen molar-refractivity contribution in [2.24, 2.45) is 189 Å². The average Bonchev–Trinajstić information content (AvgIpc) is 1.61. The zero-order valence-corrected chi connectivity index (χ0v) is 50.8. The Hall–Kier alpha value is -5.28. The highest BCUT2D eigenvalue weighted by molar-refractivity contribution is 5.85. The Kier molecular flexibility index (Phi) is 15.9. The van der Waals surface area contributed by atoms with Crippen molar-refractivity contribution in [1.82, 2.24) is 0 Å². The predicted octanol–water partition coefficient (Wildman–Crippen LogP) is 8.56. The summed E-state index contributed by atoms with van der Waals surface area (Å²) in [6, 6.07) is 0. The van der Waals surface area contributed by atoms with Crippen LogP contribution in [0.3, 0.4) is 0 Å². The molecule has 0 aromatic carbocycles. The molecular formula is C69H90O16. The lowest BCUT2D eigenvalue weighted by Gasteiger charge is -2.41. The van der Waals surface area contributed by atoms with Crippen molar-refractivity contribution in [1.29, 1.82) is 0 Å². The van der Waals surface area contributed by atoms with Gasteiger partial charge in [-0.2, -0.15) is 0 Å². The second-order valence-electron chi connectivity index (χ2n) is 28.7. The number of hydrogen-bond donors (Lipinski definition) is 0. The third-order valence-corrected chi connectivity index (χ3v) is 26.6. The number of esters is 8. The minimum atomic E-state index is -0.286. The number of allylic oxidation sites excluding steroid dienone is 8. The predicted molar refractivity (Wildman–Crippen MR) is 304 cm³/mol. The highest BCUT2D eigenvalue weighted by atomic mass is 16.6. The van der Waals surface area contributed by atoms with Crippen molar-refractivity contribution in [2.45, 2.75) is 84.5 Å². The summed E-state index contributed by atoms with van der Waals surface area (Å²) in [7, 11) is 8.62. The molecule has 0 saturated heterocycles. The van der Waals surface area contributed by atoms with Crippen molar-refractivity contribution in [2.75, 3.05) is 55.9 Å². The van der Waals surface area contributed by atoms with Gasteiger partial charge in [0.1, 0.15) is 0 Å². The largest absolute Gasteiger partial charge is 0.469 e. The van der Waals surface area contributed by atoms with Crippen LogP contribution < -0.4 is 0 Å². The third-order valence-electron chi connectivity index (χ3n) is 26.6. The maximum Gasteiger partial charge on any atom is 0.310 e. The van der Waals surface area contributed by atoms with E-state index in [0.29, 0.717) is 175 Å². The summed E-state index contributed by atoms with van der Waals surface area (Å²) in [6.07, 6.45) is 29.4. The molecule has 85 heavy (non-hydrogen) atoms. The first kappa shape index (κ1) is 58.7. The summed E-state index contributed by atoms with van der Waals surface area (Å²) in [5, 5.41) is 0. The lowest BCUT2D eigenvalue weighted by atomic mass is 9.63. The monoisotopic (exact) mass is 1170 g/mol. The maximum atomic E-state index is 12.5. The molecule has 32 atom stereocenters. The zero-order chi connectivity index (χ0) is 59.6. The molecule has 16 nitrogen and oxygen atoms in total. The van der Waals surface area contributed by atoms with E-state index in [-0.39, 0.29) is 83.3 Å². The molecule has 0 aliphatic heterocycles. The van der Waals surface area contributed by atoms with Crippen LogP contribution in [0.5, 0.6) is 0 Å². The molecule has 0 spiro atoms. The fraction of sp³-hybridized carbons (Fsp3) is 0.768. The van der Waals surface area contributed by atoms with Crippen LogP contribution in [0.2, 0.25) is 0 Å². The zero-order valence-electron chi connectivity index (χ0n) is 50.8. The Morgan fingerprint density at radius 1 is 0.282 bits per heavy atom. The van der Waals surface area contributed by atoms with E-state index in [9.17, 15) is 38.4 Å². The van der Waals surface area contributed by atoms with Crippen LogP contribution >= 0.6 is 0 Å². The average molecular weight is 1180 g/mol. The standard InChI is InChI=1S/2C18H24O4.C17H22O4.C16H20O4/c1-21-15(19)7-11-12(8-16(20)22-2)14-6-13(11)17-9-3-4-10(5-9)18(14)17;1-3-21-17(19)15-11-8-12(16(15)18(20)22-4-2)14-10-6-5-9(7-10)13(11)14;1-20-13(18)7-11-10-6-12(16(11)17(19)21-2)15-9-4-3-8(5-9)14(10)15;1-19-15(17)13-9-6-10(14(13)16(18)20-2)12-8-4-3-7(5-8)11(9)12/h3-4,9-14,17-18H,5-8H2,1-2H3;5-6,9-16H,3-4,7-8H2,1-2H3;3-4,8-12,14-16H,5-7H2,1-2H3;3-4,7-14H,5-6H2,1-2H3. The molecule has 0 aromatic heterocycles. The van der Waals surface area contributed by atoms with Crippen LogP contribution in [0.4, 0.5) is 0 Å². The van der Waals surface area contributed by atoms with Gasteiger partial charge >= 0.3 is 47.8 Å². The molecular weight excluding hydrogens is 1080 g/mol. The van der Waals surface area contributed by atoms with E-state index in [2.05, 4.69) is 48.6 Å². The second-order valence-corrected chi connectivity index (χ2v) is 28.7.